The van der Waals surface area contributed by atoms with Crippen LogP contribution < -0.4 is 0 Å². The molecule has 4 aromatic rings. The number of rotatable bonds is 1. The summed E-state index contributed by atoms with van der Waals surface area (Å²) in [6.07, 6.45) is 4.92. The zero-order valence-electron chi connectivity index (χ0n) is 15.2. The lowest BCUT2D eigenvalue weighted by molar-refractivity contribution is 0.619. The van der Waals surface area contributed by atoms with E-state index in [1.807, 2.05) is 38.4 Å². The van der Waals surface area contributed by atoms with E-state index in [9.17, 15) is 4.39 Å². The highest BCUT2D eigenvalue weighted by Gasteiger charge is 2.49. The average molecular weight is 334 g/mol. The maximum absolute atomic E-state index is 14.4. The molecule has 0 bridgehead atoms. The van der Waals surface area contributed by atoms with Crippen LogP contribution in [-0.2, 0) is 5.41 Å². The van der Waals surface area contributed by atoms with Crippen molar-refractivity contribution in [2.24, 2.45) is 5.92 Å². The monoisotopic (exact) mass is 334 g/mol. The molecule has 0 radical (unpaired) electrons. The number of hydrogen-bond donors (Lipinski definition) is 0. The van der Waals surface area contributed by atoms with Crippen molar-refractivity contribution in [3.05, 3.63) is 60.2 Å². The third-order valence-corrected chi connectivity index (χ3v) is 5.69. The van der Waals surface area contributed by atoms with Crippen molar-refractivity contribution in [3.8, 4) is 0 Å². The molecule has 0 saturated heterocycles. The summed E-state index contributed by atoms with van der Waals surface area (Å²) in [5.41, 5.74) is 3.14. The van der Waals surface area contributed by atoms with Crippen LogP contribution in [0.2, 0.25) is 0 Å². The molecular weight excluding hydrogens is 311 g/mol. The number of imidazole rings is 1. The summed E-state index contributed by atoms with van der Waals surface area (Å²) >= 11 is 0. The van der Waals surface area contributed by atoms with Gasteiger partial charge >= 0.3 is 0 Å². The Hall–Kier alpha value is -2.42. The largest absolute Gasteiger partial charge is 0.299 e. The Bertz CT molecular complexity index is 1100. The van der Waals surface area contributed by atoms with Crippen LogP contribution in [0.4, 0.5) is 4.39 Å². The Morgan fingerprint density at radius 2 is 1.88 bits per heavy atom. The minimum atomic E-state index is -0.158. The number of hydrogen-bond acceptors (Lipinski definition) is 1. The van der Waals surface area contributed by atoms with Crippen LogP contribution in [0, 0.1) is 11.7 Å². The molecule has 0 amide bonds. The molecule has 2 heterocycles. The highest BCUT2D eigenvalue weighted by molar-refractivity contribution is 6.13. The van der Waals surface area contributed by atoms with E-state index in [4.69, 9.17) is 0 Å². The van der Waals surface area contributed by atoms with Crippen LogP contribution in [0.1, 0.15) is 39.7 Å². The highest BCUT2D eigenvalue weighted by atomic mass is 19.1. The lowest BCUT2D eigenvalue weighted by atomic mass is 9.90. The Balaban J connectivity index is 0.000000758. The first-order valence-corrected chi connectivity index (χ1v) is 9.07. The van der Waals surface area contributed by atoms with Gasteiger partial charge in [-0.05, 0) is 46.9 Å². The minimum Gasteiger partial charge on any atom is -0.299 e. The van der Waals surface area contributed by atoms with E-state index >= 15 is 0 Å². The maximum atomic E-state index is 14.4. The lowest BCUT2D eigenvalue weighted by Gasteiger charge is -2.17. The van der Waals surface area contributed by atoms with Gasteiger partial charge < -0.3 is 0 Å². The second-order valence-corrected chi connectivity index (χ2v) is 7.04. The summed E-state index contributed by atoms with van der Waals surface area (Å²) < 4.78 is 16.5. The molecule has 1 unspecified atom stereocenters. The van der Waals surface area contributed by atoms with Gasteiger partial charge in [0, 0.05) is 23.2 Å². The van der Waals surface area contributed by atoms with Gasteiger partial charge in [0.15, 0.2) is 0 Å². The Morgan fingerprint density at radius 1 is 1.16 bits per heavy atom. The molecule has 1 aliphatic rings. The number of para-hydroxylation sites is 1. The zero-order valence-corrected chi connectivity index (χ0v) is 15.2. The fourth-order valence-corrected chi connectivity index (χ4v) is 4.06. The molecule has 25 heavy (non-hydrogen) atoms. The van der Waals surface area contributed by atoms with Gasteiger partial charge in [0.05, 0.1) is 5.52 Å². The number of fused-ring (bicyclic) bond motifs is 6. The SMILES string of the molecule is CC.C[C@H]1CC1(C)c1cc(F)cc2c3ccccc3n3ccnc3c12. The fraction of sp³-hybridized carbons (Fsp3) is 0.318. The van der Waals surface area contributed by atoms with Gasteiger partial charge in [-0.25, -0.2) is 9.37 Å². The topological polar surface area (TPSA) is 17.3 Å². The van der Waals surface area contributed by atoms with E-state index in [-0.39, 0.29) is 11.2 Å². The fourth-order valence-electron chi connectivity index (χ4n) is 4.06. The summed E-state index contributed by atoms with van der Waals surface area (Å²) in [6, 6.07) is 11.5. The Morgan fingerprint density at radius 3 is 2.60 bits per heavy atom. The molecule has 128 valence electrons. The summed E-state index contributed by atoms with van der Waals surface area (Å²) in [6.45, 7) is 8.47. The van der Waals surface area contributed by atoms with Gasteiger partial charge in [-0.1, -0.05) is 45.9 Å². The van der Waals surface area contributed by atoms with Crippen molar-refractivity contribution in [1.29, 1.82) is 0 Å². The van der Waals surface area contributed by atoms with E-state index in [0.29, 0.717) is 5.92 Å². The molecule has 1 aliphatic carbocycles. The number of nitrogens with zero attached hydrogens (tertiary/aromatic N) is 2. The zero-order chi connectivity index (χ0) is 17.8. The third-order valence-electron chi connectivity index (χ3n) is 5.69. The van der Waals surface area contributed by atoms with Crippen molar-refractivity contribution in [2.45, 2.75) is 39.5 Å². The summed E-state index contributed by atoms with van der Waals surface area (Å²) in [7, 11) is 0. The number of halogens is 1. The summed E-state index contributed by atoms with van der Waals surface area (Å²) in [5, 5.41) is 3.14. The van der Waals surface area contributed by atoms with Gasteiger partial charge in [-0.2, -0.15) is 0 Å². The summed E-state index contributed by atoms with van der Waals surface area (Å²) in [4.78, 5) is 4.59. The first-order valence-electron chi connectivity index (χ1n) is 9.07. The molecule has 2 aromatic carbocycles. The average Bonchev–Trinajstić information content (AvgIpc) is 3.03. The number of benzene rings is 2. The first-order chi connectivity index (χ1) is 12.1. The van der Waals surface area contributed by atoms with Crippen LogP contribution in [0.3, 0.4) is 0 Å². The van der Waals surface area contributed by atoms with Crippen molar-refractivity contribution in [2.75, 3.05) is 0 Å². The van der Waals surface area contributed by atoms with Gasteiger partial charge in [0.1, 0.15) is 11.5 Å². The quantitative estimate of drug-likeness (QED) is 0.384. The summed E-state index contributed by atoms with van der Waals surface area (Å²) in [5.74, 6) is 0.419. The molecule has 0 aliphatic heterocycles. The Kier molecular flexibility index (Phi) is 3.57. The van der Waals surface area contributed by atoms with Gasteiger partial charge in [0.25, 0.3) is 0 Å². The molecule has 1 fully saturated rings. The van der Waals surface area contributed by atoms with Gasteiger partial charge in [0.2, 0.25) is 0 Å². The smallest absolute Gasteiger partial charge is 0.145 e. The number of pyridine rings is 1. The van der Waals surface area contributed by atoms with Crippen molar-refractivity contribution in [3.63, 3.8) is 0 Å². The van der Waals surface area contributed by atoms with E-state index < -0.39 is 0 Å². The van der Waals surface area contributed by atoms with Crippen molar-refractivity contribution in [1.82, 2.24) is 9.38 Å². The Labute approximate surface area is 147 Å². The second-order valence-electron chi connectivity index (χ2n) is 7.04. The molecule has 0 N–H and O–H groups in total. The third kappa shape index (κ3) is 2.18. The molecule has 5 rings (SSSR count). The molecule has 2 atom stereocenters. The second kappa shape index (κ2) is 5.55. The first kappa shape index (κ1) is 16.1. The molecule has 3 heteroatoms. The van der Waals surface area contributed by atoms with Crippen molar-refractivity contribution < 1.29 is 4.39 Å². The molecular formula is C22H23FN2. The molecule has 0 spiro atoms. The van der Waals surface area contributed by atoms with Crippen LogP contribution in [-0.4, -0.2) is 9.38 Å². The van der Waals surface area contributed by atoms with E-state index in [2.05, 4.69) is 35.4 Å². The van der Waals surface area contributed by atoms with Crippen LogP contribution in [0.15, 0.2) is 48.8 Å². The van der Waals surface area contributed by atoms with E-state index in [0.717, 1.165) is 39.3 Å². The van der Waals surface area contributed by atoms with E-state index in [1.54, 1.807) is 12.1 Å². The molecule has 1 saturated carbocycles. The predicted molar refractivity (Wildman–Crippen MR) is 103 cm³/mol. The highest BCUT2D eigenvalue weighted by Crippen LogP contribution is 2.56. The lowest BCUT2D eigenvalue weighted by Crippen LogP contribution is -2.06. The van der Waals surface area contributed by atoms with Crippen LogP contribution in [0.5, 0.6) is 0 Å². The van der Waals surface area contributed by atoms with Gasteiger partial charge in [-0.3, -0.25) is 4.40 Å². The maximum Gasteiger partial charge on any atom is 0.145 e. The van der Waals surface area contributed by atoms with Gasteiger partial charge in [-0.15, -0.1) is 0 Å². The van der Waals surface area contributed by atoms with Crippen LogP contribution >= 0.6 is 0 Å². The molecule has 2 nitrogen and oxygen atoms in total. The predicted octanol–water partition coefficient (Wildman–Crippen LogP) is 6.10. The van der Waals surface area contributed by atoms with Crippen molar-refractivity contribution >= 4 is 27.3 Å². The number of aromatic nitrogens is 2. The standard InChI is InChI=1S/C20H17FN2.C2H6/c1-12-11-20(12,2)16-10-13(21)9-15-14-5-3-4-6-17(14)23-8-7-22-19(23)18(15)16;1-2/h3-10,12H,11H2,1-2H3;1-2H3/t12-,20?;/m0./s1. The van der Waals surface area contributed by atoms with Crippen LogP contribution in [0.25, 0.3) is 27.3 Å². The van der Waals surface area contributed by atoms with E-state index in [1.165, 1.54) is 0 Å². The normalized spacial score (nSPS) is 22.2. The minimum absolute atomic E-state index is 0.0508. The molecule has 2 aromatic heterocycles.